The molecule has 0 bridgehead atoms. The zero-order valence-corrected chi connectivity index (χ0v) is 13.1. The molecule has 110 valence electrons. The zero-order chi connectivity index (χ0) is 14.9. The highest BCUT2D eigenvalue weighted by Gasteiger charge is 2.59. The standard InChI is InChI=1S/C20H20N2/c1-19-13-5-3-7-16(19)15-11-21-12-22-18(15)17-8-4-6-14(10-9-13)20(17,19)2/h5-10,12H,3-4,11H2,1-2H3,(H,21,22)/t19-,20-/m1/s1. The summed E-state index contributed by atoms with van der Waals surface area (Å²) in [5, 5.41) is 3.46. The molecule has 2 nitrogen and oxygen atoms in total. The highest BCUT2D eigenvalue weighted by Crippen LogP contribution is 2.67. The normalized spacial score (nSPS) is 37.4. The van der Waals surface area contributed by atoms with Gasteiger partial charge >= 0.3 is 0 Å². The molecule has 0 saturated heterocycles. The van der Waals surface area contributed by atoms with Gasteiger partial charge in [-0.2, -0.15) is 0 Å². The molecule has 0 spiro atoms. The van der Waals surface area contributed by atoms with E-state index in [0.717, 1.165) is 19.4 Å². The average Bonchev–Trinajstić information content (AvgIpc) is 2.54. The van der Waals surface area contributed by atoms with E-state index in [1.54, 1.807) is 0 Å². The van der Waals surface area contributed by atoms with Crippen molar-refractivity contribution in [2.75, 3.05) is 6.54 Å². The van der Waals surface area contributed by atoms with Crippen LogP contribution in [0.15, 0.2) is 75.0 Å². The molecule has 5 aliphatic rings. The molecule has 22 heavy (non-hydrogen) atoms. The van der Waals surface area contributed by atoms with E-state index in [2.05, 4.69) is 60.6 Å². The molecule has 5 rings (SSSR count). The van der Waals surface area contributed by atoms with Gasteiger partial charge in [-0.3, -0.25) is 4.99 Å². The Balaban J connectivity index is 1.90. The second kappa shape index (κ2) is 3.81. The lowest BCUT2D eigenvalue weighted by molar-refractivity contribution is 0.234. The van der Waals surface area contributed by atoms with Gasteiger partial charge in [0, 0.05) is 22.1 Å². The first-order valence-corrected chi connectivity index (χ1v) is 8.17. The van der Waals surface area contributed by atoms with Crippen LogP contribution >= 0.6 is 0 Å². The second-order valence-corrected chi connectivity index (χ2v) is 7.08. The first-order valence-electron chi connectivity index (χ1n) is 8.17. The Morgan fingerprint density at radius 3 is 2.27 bits per heavy atom. The van der Waals surface area contributed by atoms with Crippen LogP contribution in [0.3, 0.4) is 0 Å². The van der Waals surface area contributed by atoms with Gasteiger partial charge in [0.1, 0.15) is 0 Å². The van der Waals surface area contributed by atoms with Gasteiger partial charge in [0.2, 0.25) is 0 Å². The molecule has 0 unspecified atom stereocenters. The van der Waals surface area contributed by atoms with Crippen LogP contribution < -0.4 is 5.32 Å². The van der Waals surface area contributed by atoms with Crippen molar-refractivity contribution in [3.8, 4) is 0 Å². The quantitative estimate of drug-likeness (QED) is 0.716. The summed E-state index contributed by atoms with van der Waals surface area (Å²) < 4.78 is 0. The molecule has 0 aromatic heterocycles. The van der Waals surface area contributed by atoms with E-state index in [4.69, 9.17) is 0 Å². The van der Waals surface area contributed by atoms with Crippen LogP contribution in [0.2, 0.25) is 0 Å². The third-order valence-corrected chi connectivity index (χ3v) is 6.44. The smallest absolute Gasteiger partial charge is 0.0872 e. The van der Waals surface area contributed by atoms with E-state index in [0.29, 0.717) is 0 Å². The lowest BCUT2D eigenvalue weighted by Crippen LogP contribution is -2.52. The Morgan fingerprint density at radius 2 is 1.55 bits per heavy atom. The minimum Gasteiger partial charge on any atom is -0.346 e. The van der Waals surface area contributed by atoms with Crippen molar-refractivity contribution in [2.45, 2.75) is 26.7 Å². The number of rotatable bonds is 0. The Labute approximate surface area is 131 Å². The summed E-state index contributed by atoms with van der Waals surface area (Å²) in [6, 6.07) is 0. The van der Waals surface area contributed by atoms with Gasteiger partial charge < -0.3 is 5.32 Å². The summed E-state index contributed by atoms with van der Waals surface area (Å²) in [5.41, 5.74) is 8.65. The molecule has 0 fully saturated rings. The van der Waals surface area contributed by atoms with Gasteiger partial charge in [-0.05, 0) is 35.1 Å². The number of allylic oxidation sites excluding steroid dienone is 9. The molecule has 1 N–H and O–H groups in total. The molecule has 0 aromatic carbocycles. The predicted octanol–water partition coefficient (Wildman–Crippen LogP) is 3.98. The van der Waals surface area contributed by atoms with Crippen molar-refractivity contribution in [1.29, 1.82) is 0 Å². The van der Waals surface area contributed by atoms with Crippen LogP contribution in [0.4, 0.5) is 0 Å². The van der Waals surface area contributed by atoms with Crippen LogP contribution in [0.5, 0.6) is 0 Å². The maximum absolute atomic E-state index is 4.49. The summed E-state index contributed by atoms with van der Waals surface area (Å²) in [4.78, 5) is 4.49. The van der Waals surface area contributed by atoms with Gasteiger partial charge in [0.25, 0.3) is 0 Å². The Bertz CT molecular complexity index is 747. The minimum atomic E-state index is 0.0229. The predicted molar refractivity (Wildman–Crippen MR) is 90.4 cm³/mol. The van der Waals surface area contributed by atoms with Gasteiger partial charge in [0.15, 0.2) is 0 Å². The fourth-order valence-corrected chi connectivity index (χ4v) is 5.15. The number of fused-ring (bicyclic) bond motifs is 2. The van der Waals surface area contributed by atoms with Crippen molar-refractivity contribution in [3.63, 3.8) is 0 Å². The molecule has 2 atom stereocenters. The number of hydrogen-bond donors (Lipinski definition) is 1. The van der Waals surface area contributed by atoms with Crippen molar-refractivity contribution >= 4 is 6.34 Å². The van der Waals surface area contributed by atoms with E-state index in [9.17, 15) is 0 Å². The molecule has 0 amide bonds. The lowest BCUT2D eigenvalue weighted by atomic mass is 9.44. The summed E-state index contributed by atoms with van der Waals surface area (Å²) in [6.45, 7) is 5.66. The van der Waals surface area contributed by atoms with Crippen LogP contribution in [0, 0.1) is 10.8 Å². The zero-order valence-electron chi connectivity index (χ0n) is 13.1. The van der Waals surface area contributed by atoms with Gasteiger partial charge in [-0.15, -0.1) is 0 Å². The van der Waals surface area contributed by atoms with Crippen LogP contribution in [0.1, 0.15) is 26.7 Å². The van der Waals surface area contributed by atoms with Gasteiger partial charge in [-0.25, -0.2) is 0 Å². The van der Waals surface area contributed by atoms with Crippen molar-refractivity contribution in [1.82, 2.24) is 5.32 Å². The van der Waals surface area contributed by atoms with Gasteiger partial charge in [-0.1, -0.05) is 50.3 Å². The SMILES string of the molecule is C[C@@]12C3=CCC=C1C1=C(NC=NC1)C1=CCC=C(C=C3)[C@]12C. The Kier molecular flexibility index (Phi) is 2.16. The molecule has 1 aliphatic heterocycles. The molecule has 4 aliphatic carbocycles. The van der Waals surface area contributed by atoms with E-state index < -0.39 is 0 Å². The number of nitrogens with one attached hydrogen (secondary N) is 1. The third kappa shape index (κ3) is 1.14. The maximum atomic E-state index is 4.49. The number of hydrogen-bond acceptors (Lipinski definition) is 2. The van der Waals surface area contributed by atoms with Crippen LogP contribution in [-0.4, -0.2) is 12.9 Å². The highest BCUT2D eigenvalue weighted by molar-refractivity contribution is 5.74. The van der Waals surface area contributed by atoms with Crippen molar-refractivity contribution < 1.29 is 0 Å². The second-order valence-electron chi connectivity index (χ2n) is 7.08. The first kappa shape index (κ1) is 12.5. The summed E-state index contributed by atoms with van der Waals surface area (Å²) in [5.74, 6) is 0. The van der Waals surface area contributed by atoms with E-state index in [-0.39, 0.29) is 10.8 Å². The molecular formula is C20H20N2. The average molecular weight is 288 g/mol. The first-order chi connectivity index (χ1) is 10.7. The van der Waals surface area contributed by atoms with Crippen molar-refractivity contribution in [3.05, 3.63) is 70.0 Å². The number of aliphatic imine (C=N–C) groups is 1. The van der Waals surface area contributed by atoms with E-state index in [1.807, 2.05) is 6.34 Å². The fraction of sp³-hybridized carbons (Fsp3) is 0.350. The molecule has 0 saturated carbocycles. The van der Waals surface area contributed by atoms with Crippen LogP contribution in [-0.2, 0) is 0 Å². The maximum Gasteiger partial charge on any atom is 0.0872 e. The Morgan fingerprint density at radius 1 is 0.909 bits per heavy atom. The molecular weight excluding hydrogens is 268 g/mol. The molecule has 0 radical (unpaired) electrons. The van der Waals surface area contributed by atoms with E-state index in [1.165, 1.54) is 33.6 Å². The topological polar surface area (TPSA) is 24.4 Å². The third-order valence-electron chi connectivity index (χ3n) is 6.44. The number of nitrogens with zero attached hydrogens (tertiary/aromatic N) is 1. The largest absolute Gasteiger partial charge is 0.346 e. The summed E-state index contributed by atoms with van der Waals surface area (Å²) >= 11 is 0. The molecule has 0 aromatic rings. The molecule has 2 heteroatoms. The van der Waals surface area contributed by atoms with Crippen molar-refractivity contribution in [2.24, 2.45) is 15.8 Å². The van der Waals surface area contributed by atoms with Gasteiger partial charge in [0.05, 0.1) is 12.9 Å². The summed E-state index contributed by atoms with van der Waals surface area (Å²) in [6.07, 6.45) is 18.2. The van der Waals surface area contributed by atoms with E-state index >= 15 is 0 Å². The Hall–Kier alpha value is -2.09. The lowest BCUT2D eigenvalue weighted by Gasteiger charge is -2.59. The monoisotopic (exact) mass is 288 g/mol. The highest BCUT2D eigenvalue weighted by atomic mass is 15.0. The molecule has 1 heterocycles. The van der Waals surface area contributed by atoms with Crippen LogP contribution in [0.25, 0.3) is 0 Å². The summed E-state index contributed by atoms with van der Waals surface area (Å²) in [7, 11) is 0. The minimum absolute atomic E-state index is 0.0229. The fourth-order valence-electron chi connectivity index (χ4n) is 5.15.